The van der Waals surface area contributed by atoms with Crippen molar-refractivity contribution in [1.29, 1.82) is 0 Å². The molecular formula is C8H13NO. The van der Waals surface area contributed by atoms with Gasteiger partial charge in [-0.1, -0.05) is 6.58 Å². The van der Waals surface area contributed by atoms with Crippen molar-refractivity contribution >= 4 is 0 Å². The largest absolute Gasteiger partial charge is 0.501 e. The third-order valence-electron chi connectivity index (χ3n) is 1.72. The van der Waals surface area contributed by atoms with E-state index in [1.807, 2.05) is 6.20 Å². The van der Waals surface area contributed by atoms with E-state index in [-0.39, 0.29) is 0 Å². The highest BCUT2D eigenvalue weighted by molar-refractivity contribution is 5.01. The molecule has 1 rings (SSSR count). The van der Waals surface area contributed by atoms with Crippen molar-refractivity contribution in [2.24, 2.45) is 0 Å². The lowest BCUT2D eigenvalue weighted by Crippen LogP contribution is -2.23. The molecule has 0 spiro atoms. The highest BCUT2D eigenvalue weighted by atomic mass is 16.5. The summed E-state index contributed by atoms with van der Waals surface area (Å²) in [6, 6.07) is 0. The number of methoxy groups -OCH3 is 1. The summed E-state index contributed by atoms with van der Waals surface area (Å²) in [5, 5.41) is 0. The molecule has 2 heteroatoms. The van der Waals surface area contributed by atoms with E-state index < -0.39 is 0 Å². The fourth-order valence-corrected chi connectivity index (χ4v) is 1.02. The maximum Gasteiger partial charge on any atom is 0.0950 e. The van der Waals surface area contributed by atoms with Gasteiger partial charge in [0, 0.05) is 19.5 Å². The first-order valence-corrected chi connectivity index (χ1v) is 3.46. The van der Waals surface area contributed by atoms with Crippen LogP contribution in [0.5, 0.6) is 0 Å². The summed E-state index contributed by atoms with van der Waals surface area (Å²) in [5.41, 5.74) is 0. The summed E-state index contributed by atoms with van der Waals surface area (Å²) in [6.45, 7) is 5.66. The van der Waals surface area contributed by atoms with Crippen molar-refractivity contribution in [3.8, 4) is 0 Å². The normalized spacial score (nSPS) is 18.1. The molecule has 0 aromatic carbocycles. The molecule has 0 saturated carbocycles. The maximum absolute atomic E-state index is 5.08. The summed E-state index contributed by atoms with van der Waals surface area (Å²) in [6.07, 6.45) is 4.96. The molecule has 10 heavy (non-hydrogen) atoms. The lowest BCUT2D eigenvalue weighted by Gasteiger charge is -2.23. The van der Waals surface area contributed by atoms with Crippen LogP contribution >= 0.6 is 0 Å². The predicted molar refractivity (Wildman–Crippen MR) is 41.5 cm³/mol. The van der Waals surface area contributed by atoms with Crippen LogP contribution in [0.15, 0.2) is 24.6 Å². The average Bonchev–Trinajstić information content (AvgIpc) is 2.05. The first-order chi connectivity index (χ1) is 4.86. The quantitative estimate of drug-likeness (QED) is 0.573. The Morgan fingerprint density at radius 1 is 1.80 bits per heavy atom. The van der Waals surface area contributed by atoms with Crippen molar-refractivity contribution in [3.63, 3.8) is 0 Å². The van der Waals surface area contributed by atoms with Gasteiger partial charge in [0.15, 0.2) is 0 Å². The van der Waals surface area contributed by atoms with Crippen LogP contribution in [0.2, 0.25) is 0 Å². The summed E-state index contributed by atoms with van der Waals surface area (Å²) < 4.78 is 5.08. The van der Waals surface area contributed by atoms with Gasteiger partial charge in [0.05, 0.1) is 12.9 Å². The first kappa shape index (κ1) is 7.19. The topological polar surface area (TPSA) is 12.5 Å². The molecule has 0 unspecified atom stereocenters. The van der Waals surface area contributed by atoms with E-state index in [2.05, 4.69) is 17.6 Å². The fourth-order valence-electron chi connectivity index (χ4n) is 1.02. The molecule has 2 nitrogen and oxygen atoms in total. The molecule has 0 atom stereocenters. The summed E-state index contributed by atoms with van der Waals surface area (Å²) in [4.78, 5) is 2.16. The SMILES string of the molecule is C=CN1CC=C(OC)CC1. The zero-order valence-corrected chi connectivity index (χ0v) is 6.34. The molecule has 0 radical (unpaired) electrons. The molecule has 0 aromatic heterocycles. The number of hydrogen-bond donors (Lipinski definition) is 0. The van der Waals surface area contributed by atoms with E-state index in [1.165, 1.54) is 0 Å². The van der Waals surface area contributed by atoms with Crippen LogP contribution in [0.1, 0.15) is 6.42 Å². The van der Waals surface area contributed by atoms with Crippen LogP contribution in [0.3, 0.4) is 0 Å². The Bertz CT molecular complexity index is 151. The molecule has 1 aliphatic heterocycles. The van der Waals surface area contributed by atoms with Crippen molar-refractivity contribution in [2.75, 3.05) is 20.2 Å². The van der Waals surface area contributed by atoms with E-state index in [0.29, 0.717) is 0 Å². The Balaban J connectivity index is 2.43. The van der Waals surface area contributed by atoms with Gasteiger partial charge in [-0.05, 0) is 12.3 Å². The molecule has 0 aromatic rings. The highest BCUT2D eigenvalue weighted by Gasteiger charge is 2.06. The Hall–Kier alpha value is -0.920. The predicted octanol–water partition coefficient (Wildman–Crippen LogP) is 1.37. The standard InChI is InChI=1S/C8H13NO/c1-3-9-6-4-8(10-2)5-7-9/h3-4H,1,5-7H2,2H3. The van der Waals surface area contributed by atoms with E-state index in [4.69, 9.17) is 4.74 Å². The van der Waals surface area contributed by atoms with Crippen molar-refractivity contribution in [2.45, 2.75) is 6.42 Å². The number of nitrogens with zero attached hydrogens (tertiary/aromatic N) is 1. The number of hydrogen-bond acceptors (Lipinski definition) is 2. The lowest BCUT2D eigenvalue weighted by molar-refractivity contribution is 0.245. The summed E-state index contributed by atoms with van der Waals surface area (Å²) in [7, 11) is 1.72. The Morgan fingerprint density at radius 2 is 2.60 bits per heavy atom. The second-order valence-corrected chi connectivity index (χ2v) is 2.30. The molecule has 0 amide bonds. The minimum atomic E-state index is 0.937. The molecule has 1 heterocycles. The lowest BCUT2D eigenvalue weighted by atomic mass is 10.2. The van der Waals surface area contributed by atoms with Gasteiger partial charge in [-0.3, -0.25) is 0 Å². The van der Waals surface area contributed by atoms with Crippen LogP contribution in [-0.2, 0) is 4.74 Å². The smallest absolute Gasteiger partial charge is 0.0950 e. The van der Waals surface area contributed by atoms with Gasteiger partial charge in [0.2, 0.25) is 0 Å². The molecule has 56 valence electrons. The highest BCUT2D eigenvalue weighted by Crippen LogP contribution is 2.09. The maximum atomic E-state index is 5.08. The summed E-state index contributed by atoms with van der Waals surface area (Å²) in [5.74, 6) is 1.10. The third kappa shape index (κ3) is 1.53. The van der Waals surface area contributed by atoms with Crippen molar-refractivity contribution in [1.82, 2.24) is 4.90 Å². The second kappa shape index (κ2) is 3.30. The zero-order chi connectivity index (χ0) is 7.40. The molecule has 0 N–H and O–H groups in total. The minimum Gasteiger partial charge on any atom is -0.501 e. The van der Waals surface area contributed by atoms with Gasteiger partial charge in [-0.2, -0.15) is 0 Å². The van der Waals surface area contributed by atoms with Crippen LogP contribution in [0, 0.1) is 0 Å². The molecular weight excluding hydrogens is 126 g/mol. The van der Waals surface area contributed by atoms with Crippen LogP contribution < -0.4 is 0 Å². The van der Waals surface area contributed by atoms with Gasteiger partial charge in [0.25, 0.3) is 0 Å². The first-order valence-electron chi connectivity index (χ1n) is 3.46. The molecule has 0 fully saturated rings. The van der Waals surface area contributed by atoms with E-state index >= 15 is 0 Å². The minimum absolute atomic E-state index is 0.937. The molecule has 0 aliphatic carbocycles. The van der Waals surface area contributed by atoms with E-state index in [9.17, 15) is 0 Å². The Kier molecular flexibility index (Phi) is 2.37. The molecule has 0 saturated heterocycles. The Morgan fingerprint density at radius 3 is 3.00 bits per heavy atom. The second-order valence-electron chi connectivity index (χ2n) is 2.30. The van der Waals surface area contributed by atoms with Crippen LogP contribution in [0.4, 0.5) is 0 Å². The van der Waals surface area contributed by atoms with Gasteiger partial charge in [-0.25, -0.2) is 0 Å². The monoisotopic (exact) mass is 139 g/mol. The van der Waals surface area contributed by atoms with Crippen LogP contribution in [0.25, 0.3) is 0 Å². The van der Waals surface area contributed by atoms with Crippen molar-refractivity contribution < 1.29 is 4.74 Å². The average molecular weight is 139 g/mol. The van der Waals surface area contributed by atoms with Gasteiger partial charge >= 0.3 is 0 Å². The van der Waals surface area contributed by atoms with Gasteiger partial charge < -0.3 is 9.64 Å². The Labute approximate surface area is 61.8 Å². The van der Waals surface area contributed by atoms with Crippen LogP contribution in [-0.4, -0.2) is 25.1 Å². The molecule has 0 bridgehead atoms. The van der Waals surface area contributed by atoms with E-state index in [1.54, 1.807) is 7.11 Å². The third-order valence-corrected chi connectivity index (χ3v) is 1.72. The summed E-state index contributed by atoms with van der Waals surface area (Å²) >= 11 is 0. The zero-order valence-electron chi connectivity index (χ0n) is 6.34. The van der Waals surface area contributed by atoms with Gasteiger partial charge in [-0.15, -0.1) is 0 Å². The van der Waals surface area contributed by atoms with E-state index in [0.717, 1.165) is 25.3 Å². The number of rotatable bonds is 2. The van der Waals surface area contributed by atoms with Gasteiger partial charge in [0.1, 0.15) is 0 Å². The molecule has 1 aliphatic rings. The number of ether oxygens (including phenoxy) is 1. The fraction of sp³-hybridized carbons (Fsp3) is 0.500. The van der Waals surface area contributed by atoms with Crippen molar-refractivity contribution in [3.05, 3.63) is 24.6 Å².